The van der Waals surface area contributed by atoms with Gasteiger partial charge in [-0.3, -0.25) is 0 Å². The van der Waals surface area contributed by atoms with Crippen LogP contribution in [-0.2, 0) is 16.5 Å². The number of halogens is 2. The largest absolute Gasteiger partial charge is 2.00 e. The van der Waals surface area contributed by atoms with Gasteiger partial charge in [0.25, 0.3) is 0 Å². The van der Waals surface area contributed by atoms with E-state index >= 15 is 0 Å². The van der Waals surface area contributed by atoms with Gasteiger partial charge in [0.15, 0.2) is 0 Å². The Hall–Kier alpha value is 0.754. The van der Waals surface area contributed by atoms with Gasteiger partial charge in [-0.05, 0) is 37.3 Å². The Balaban J connectivity index is -0.000000270. The molecular formula is C16H22Br2NiP2. The van der Waals surface area contributed by atoms with Crippen molar-refractivity contribution in [2.75, 3.05) is 26.7 Å². The summed E-state index contributed by atoms with van der Waals surface area (Å²) in [5, 5.41) is 2.96. The normalized spacial score (nSPS) is 8.67. The molecule has 0 amide bonds. The summed E-state index contributed by atoms with van der Waals surface area (Å²) in [6.45, 7) is 9.07. The summed E-state index contributed by atoms with van der Waals surface area (Å²) >= 11 is 0. The van der Waals surface area contributed by atoms with Crippen molar-refractivity contribution in [1.82, 2.24) is 0 Å². The Morgan fingerprint density at radius 3 is 0.905 bits per heavy atom. The fourth-order valence-electron chi connectivity index (χ4n) is 1.45. The van der Waals surface area contributed by atoms with Crippen molar-refractivity contribution in [2.45, 2.75) is 0 Å². The van der Waals surface area contributed by atoms with E-state index in [1.165, 1.54) is 10.6 Å². The average molecular weight is 495 g/mol. The molecular weight excluding hydrogens is 473 g/mol. The first-order valence-electron chi connectivity index (χ1n) is 6.06. The third-order valence-corrected chi connectivity index (χ3v) is 5.21. The minimum atomic E-state index is 0. The van der Waals surface area contributed by atoms with Crippen LogP contribution in [0.1, 0.15) is 0 Å². The molecule has 0 bridgehead atoms. The van der Waals surface area contributed by atoms with E-state index in [0.29, 0.717) is 0 Å². The Bertz CT molecular complexity index is 393. The van der Waals surface area contributed by atoms with Crippen molar-refractivity contribution in [3.8, 4) is 0 Å². The predicted molar refractivity (Wildman–Crippen MR) is 89.7 cm³/mol. The molecule has 5 heteroatoms. The quantitative estimate of drug-likeness (QED) is 0.339. The molecule has 0 heterocycles. The van der Waals surface area contributed by atoms with Crippen molar-refractivity contribution in [1.29, 1.82) is 0 Å². The maximum Gasteiger partial charge on any atom is 2.00 e. The maximum atomic E-state index is 2.27. The number of benzene rings is 2. The van der Waals surface area contributed by atoms with E-state index < -0.39 is 0 Å². The van der Waals surface area contributed by atoms with Gasteiger partial charge in [0.2, 0.25) is 0 Å². The first-order valence-corrected chi connectivity index (χ1v) is 10.5. The zero-order valence-corrected chi connectivity index (χ0v) is 18.7. The van der Waals surface area contributed by atoms with Crippen LogP contribution in [0.4, 0.5) is 0 Å². The second-order valence-corrected chi connectivity index (χ2v) is 9.07. The van der Waals surface area contributed by atoms with Crippen LogP contribution < -0.4 is 44.6 Å². The summed E-state index contributed by atoms with van der Waals surface area (Å²) in [7, 11) is 0.209. The molecule has 0 aliphatic heterocycles. The van der Waals surface area contributed by atoms with Gasteiger partial charge in [-0.1, -0.05) is 76.5 Å². The van der Waals surface area contributed by atoms with Gasteiger partial charge in [0.05, 0.1) is 0 Å². The van der Waals surface area contributed by atoms with Crippen LogP contribution in [0.15, 0.2) is 60.7 Å². The van der Waals surface area contributed by atoms with E-state index in [2.05, 4.69) is 87.3 Å². The molecule has 2 rings (SSSR count). The van der Waals surface area contributed by atoms with Crippen LogP contribution >= 0.6 is 15.8 Å². The van der Waals surface area contributed by atoms with Crippen LogP contribution in [0, 0.1) is 0 Å². The second-order valence-electron chi connectivity index (χ2n) is 4.46. The molecule has 0 nitrogen and oxygen atoms in total. The Kier molecular flexibility index (Phi) is 19.8. The molecule has 120 valence electrons. The van der Waals surface area contributed by atoms with Crippen LogP contribution in [0.5, 0.6) is 0 Å². The fourth-order valence-corrected chi connectivity index (χ4v) is 2.99. The molecule has 0 unspecified atom stereocenters. The van der Waals surface area contributed by atoms with E-state index in [1.807, 2.05) is 0 Å². The summed E-state index contributed by atoms with van der Waals surface area (Å²) in [6, 6.07) is 21.2. The zero-order chi connectivity index (χ0) is 13.4. The third kappa shape index (κ3) is 11.9. The van der Waals surface area contributed by atoms with E-state index in [0.717, 1.165) is 0 Å². The monoisotopic (exact) mass is 492 g/mol. The first kappa shape index (κ1) is 26.6. The molecule has 0 saturated heterocycles. The topological polar surface area (TPSA) is 0 Å². The molecule has 2 aromatic rings. The van der Waals surface area contributed by atoms with E-state index in [4.69, 9.17) is 0 Å². The third-order valence-electron chi connectivity index (χ3n) is 2.55. The van der Waals surface area contributed by atoms with Gasteiger partial charge < -0.3 is 34.0 Å². The standard InChI is InChI=1S/2C8H11P.2BrH.Ni/c2*1-9(2)8-6-4-3-5-7-8;;;/h2*3-7H,1-2H3;2*1H;/q;;;;+2/p-2. The molecule has 2 aromatic carbocycles. The smallest absolute Gasteiger partial charge is 1.00 e. The molecule has 0 spiro atoms. The fraction of sp³-hybridized carbons (Fsp3) is 0.250. The van der Waals surface area contributed by atoms with Gasteiger partial charge >= 0.3 is 16.5 Å². The molecule has 0 fully saturated rings. The minimum absolute atomic E-state index is 0. The van der Waals surface area contributed by atoms with Gasteiger partial charge in [-0.25, -0.2) is 0 Å². The van der Waals surface area contributed by atoms with E-state index in [-0.39, 0.29) is 66.3 Å². The van der Waals surface area contributed by atoms with Gasteiger partial charge in [-0.2, -0.15) is 0 Å². The van der Waals surface area contributed by atoms with Crippen molar-refractivity contribution in [3.05, 3.63) is 60.7 Å². The second kappa shape index (κ2) is 15.6. The summed E-state index contributed by atoms with van der Waals surface area (Å²) in [5.41, 5.74) is 0. The molecule has 21 heavy (non-hydrogen) atoms. The molecule has 0 atom stereocenters. The first-order chi connectivity index (χ1) is 8.61. The number of rotatable bonds is 2. The Morgan fingerprint density at radius 2 is 0.762 bits per heavy atom. The maximum absolute atomic E-state index is 2.27. The molecule has 0 radical (unpaired) electrons. The zero-order valence-electron chi connectivity index (χ0n) is 12.7. The van der Waals surface area contributed by atoms with E-state index in [1.54, 1.807) is 0 Å². The van der Waals surface area contributed by atoms with Crippen molar-refractivity contribution in [2.24, 2.45) is 0 Å². The molecule has 0 aliphatic carbocycles. The van der Waals surface area contributed by atoms with Gasteiger partial charge in [-0.15, -0.1) is 0 Å². The van der Waals surface area contributed by atoms with Crippen LogP contribution in [-0.4, -0.2) is 26.7 Å². The predicted octanol–water partition coefficient (Wildman–Crippen LogP) is -1.89. The van der Waals surface area contributed by atoms with Crippen LogP contribution in [0.2, 0.25) is 0 Å². The Labute approximate surface area is 163 Å². The summed E-state index contributed by atoms with van der Waals surface area (Å²) in [5.74, 6) is 0. The van der Waals surface area contributed by atoms with Crippen LogP contribution in [0.25, 0.3) is 0 Å². The Morgan fingerprint density at radius 1 is 0.524 bits per heavy atom. The van der Waals surface area contributed by atoms with Crippen LogP contribution in [0.3, 0.4) is 0 Å². The summed E-state index contributed by atoms with van der Waals surface area (Å²) in [6.07, 6.45) is 0. The molecule has 0 aliphatic rings. The number of hydrogen-bond acceptors (Lipinski definition) is 0. The van der Waals surface area contributed by atoms with Crippen molar-refractivity contribution >= 4 is 26.5 Å². The summed E-state index contributed by atoms with van der Waals surface area (Å²) in [4.78, 5) is 0. The van der Waals surface area contributed by atoms with Gasteiger partial charge in [0.1, 0.15) is 0 Å². The number of hydrogen-bond donors (Lipinski definition) is 0. The minimum Gasteiger partial charge on any atom is -1.00 e. The molecule has 0 aromatic heterocycles. The average Bonchev–Trinajstić information content (AvgIpc) is 2.41. The van der Waals surface area contributed by atoms with Gasteiger partial charge in [0, 0.05) is 0 Å². The molecule has 0 saturated carbocycles. The molecule has 0 N–H and O–H groups in total. The SMILES string of the molecule is CP(C)c1ccccc1.CP(C)c1ccccc1.[Br-].[Br-].[Ni+2]. The van der Waals surface area contributed by atoms with Crippen molar-refractivity contribution < 1.29 is 50.5 Å². The van der Waals surface area contributed by atoms with E-state index in [9.17, 15) is 0 Å². The van der Waals surface area contributed by atoms with Crippen molar-refractivity contribution in [3.63, 3.8) is 0 Å². The summed E-state index contributed by atoms with van der Waals surface area (Å²) < 4.78 is 0.